The number of benzene rings is 1. The van der Waals surface area contributed by atoms with E-state index in [-0.39, 0.29) is 17.6 Å². The van der Waals surface area contributed by atoms with Crippen LogP contribution in [0.3, 0.4) is 0 Å². The number of amides is 1. The van der Waals surface area contributed by atoms with Gasteiger partial charge in [-0.05, 0) is 31.4 Å². The van der Waals surface area contributed by atoms with Crippen molar-refractivity contribution in [2.75, 3.05) is 39.0 Å². The molecule has 146 valence electrons. The fourth-order valence-electron chi connectivity index (χ4n) is 3.09. The number of piperazine rings is 1. The molecule has 0 radical (unpaired) electrons. The molecule has 0 unspecified atom stereocenters. The second-order valence-corrected chi connectivity index (χ2v) is 9.36. The molecule has 2 rings (SSSR count). The van der Waals surface area contributed by atoms with Crippen molar-refractivity contribution in [2.24, 2.45) is 5.92 Å². The minimum absolute atomic E-state index is 0.0123. The summed E-state index contributed by atoms with van der Waals surface area (Å²) in [4.78, 5) is 16.8. The van der Waals surface area contributed by atoms with E-state index in [0.717, 1.165) is 18.7 Å². The van der Waals surface area contributed by atoms with E-state index < -0.39 is 16.1 Å². The minimum Gasteiger partial charge on any atom is -0.339 e. The number of aryl methyl sites for hydroxylation is 1. The van der Waals surface area contributed by atoms with Gasteiger partial charge in [-0.25, -0.2) is 13.1 Å². The van der Waals surface area contributed by atoms with E-state index in [4.69, 9.17) is 0 Å². The summed E-state index contributed by atoms with van der Waals surface area (Å²) in [5.74, 6) is 0.116. The lowest BCUT2D eigenvalue weighted by atomic mass is 10.0. The van der Waals surface area contributed by atoms with Crippen LogP contribution in [0.15, 0.2) is 30.3 Å². The maximum atomic E-state index is 12.9. The second-order valence-electron chi connectivity index (χ2n) is 7.48. The smallest absolute Gasteiger partial charge is 0.240 e. The summed E-state index contributed by atoms with van der Waals surface area (Å²) < 4.78 is 27.8. The van der Waals surface area contributed by atoms with Crippen LogP contribution in [0.5, 0.6) is 0 Å². The topological polar surface area (TPSA) is 69.7 Å². The van der Waals surface area contributed by atoms with Gasteiger partial charge in [0.25, 0.3) is 0 Å². The number of nitrogens with one attached hydrogen (secondary N) is 1. The molecular formula is C19H31N3O3S. The van der Waals surface area contributed by atoms with Crippen LogP contribution in [0.2, 0.25) is 0 Å². The van der Waals surface area contributed by atoms with Gasteiger partial charge in [-0.3, -0.25) is 4.79 Å². The van der Waals surface area contributed by atoms with Crippen molar-refractivity contribution in [1.82, 2.24) is 14.5 Å². The lowest BCUT2D eigenvalue weighted by Crippen LogP contribution is -2.54. The molecule has 7 heteroatoms. The molecule has 1 N–H and O–H groups in total. The molecule has 1 atom stereocenters. The van der Waals surface area contributed by atoms with Crippen molar-refractivity contribution >= 4 is 15.9 Å². The summed E-state index contributed by atoms with van der Waals surface area (Å²) in [5.41, 5.74) is 0.976. The van der Waals surface area contributed by atoms with E-state index in [0.29, 0.717) is 25.9 Å². The number of nitrogens with zero attached hydrogens (tertiary/aromatic N) is 2. The van der Waals surface area contributed by atoms with Gasteiger partial charge in [-0.1, -0.05) is 44.2 Å². The van der Waals surface area contributed by atoms with Crippen LogP contribution in [0.4, 0.5) is 0 Å². The van der Waals surface area contributed by atoms with Gasteiger partial charge < -0.3 is 9.80 Å². The van der Waals surface area contributed by atoms with Gasteiger partial charge in [0.1, 0.15) is 6.04 Å². The molecule has 1 amide bonds. The standard InChI is InChI=1S/C19H31N3O3S/c1-16(2)15-18(19(23)22-12-10-21(3)11-13-22)20-26(24,25)14-9-17-7-5-4-6-8-17/h4-8,16,18,20H,9-15H2,1-3H3/t18-/m0/s1. The zero-order valence-electron chi connectivity index (χ0n) is 16.0. The summed E-state index contributed by atoms with van der Waals surface area (Å²) >= 11 is 0. The maximum Gasteiger partial charge on any atom is 0.240 e. The molecule has 6 nitrogen and oxygen atoms in total. The van der Waals surface area contributed by atoms with Crippen LogP contribution in [0, 0.1) is 5.92 Å². The van der Waals surface area contributed by atoms with E-state index >= 15 is 0 Å². The van der Waals surface area contributed by atoms with Gasteiger partial charge in [0.15, 0.2) is 0 Å². The van der Waals surface area contributed by atoms with Crippen LogP contribution in [-0.2, 0) is 21.2 Å². The lowest BCUT2D eigenvalue weighted by Gasteiger charge is -2.35. The highest BCUT2D eigenvalue weighted by Crippen LogP contribution is 2.12. The molecule has 0 aromatic heterocycles. The SMILES string of the molecule is CC(C)C[C@H](NS(=O)(=O)CCc1ccccc1)C(=O)N1CCN(C)CC1. The molecule has 1 aromatic rings. The first-order chi connectivity index (χ1) is 12.3. The van der Waals surface area contributed by atoms with E-state index in [2.05, 4.69) is 9.62 Å². The van der Waals surface area contributed by atoms with Gasteiger partial charge >= 0.3 is 0 Å². The normalized spacial score (nSPS) is 17.5. The molecule has 1 heterocycles. The number of rotatable bonds is 8. The number of sulfonamides is 1. The number of carbonyl (C=O) groups is 1. The van der Waals surface area contributed by atoms with E-state index in [1.165, 1.54) is 0 Å². The first kappa shape index (κ1) is 20.9. The van der Waals surface area contributed by atoms with E-state index in [1.807, 2.05) is 51.2 Å². The summed E-state index contributed by atoms with van der Waals surface area (Å²) in [5, 5.41) is 0. The van der Waals surface area contributed by atoms with Gasteiger partial charge in [-0.2, -0.15) is 0 Å². The molecule has 0 aliphatic carbocycles. The van der Waals surface area contributed by atoms with Crippen molar-refractivity contribution < 1.29 is 13.2 Å². The summed E-state index contributed by atoms with van der Waals surface area (Å²) in [7, 11) is -1.50. The average Bonchev–Trinajstić information content (AvgIpc) is 2.60. The largest absolute Gasteiger partial charge is 0.339 e. The third-order valence-corrected chi connectivity index (χ3v) is 6.03. The Hall–Kier alpha value is -1.44. The quantitative estimate of drug-likeness (QED) is 0.738. The predicted molar refractivity (Wildman–Crippen MR) is 104 cm³/mol. The minimum atomic E-state index is -3.53. The third kappa shape index (κ3) is 6.70. The fourth-order valence-corrected chi connectivity index (χ4v) is 4.34. The Labute approximate surface area is 157 Å². The summed E-state index contributed by atoms with van der Waals surface area (Å²) in [6, 6.07) is 8.84. The summed E-state index contributed by atoms with van der Waals surface area (Å²) in [6.07, 6.45) is 0.947. The van der Waals surface area contributed by atoms with Gasteiger partial charge in [0.05, 0.1) is 5.75 Å². The van der Waals surface area contributed by atoms with Crippen molar-refractivity contribution in [1.29, 1.82) is 0 Å². The van der Waals surface area contributed by atoms with Crippen LogP contribution >= 0.6 is 0 Å². The molecule has 0 spiro atoms. The van der Waals surface area contributed by atoms with Crippen molar-refractivity contribution in [3.8, 4) is 0 Å². The van der Waals surface area contributed by atoms with Gasteiger partial charge in [-0.15, -0.1) is 0 Å². The molecule has 0 bridgehead atoms. The maximum absolute atomic E-state index is 12.9. The number of likely N-dealkylation sites (N-methyl/N-ethyl adjacent to an activating group) is 1. The van der Waals surface area contributed by atoms with Crippen LogP contribution in [0.25, 0.3) is 0 Å². The predicted octanol–water partition coefficient (Wildman–Crippen LogP) is 1.34. The number of hydrogen-bond donors (Lipinski definition) is 1. The van der Waals surface area contributed by atoms with Crippen LogP contribution in [0.1, 0.15) is 25.8 Å². The van der Waals surface area contributed by atoms with Crippen molar-refractivity contribution in [3.63, 3.8) is 0 Å². The monoisotopic (exact) mass is 381 g/mol. The molecule has 1 saturated heterocycles. The van der Waals surface area contributed by atoms with Gasteiger partial charge in [0, 0.05) is 26.2 Å². The number of hydrogen-bond acceptors (Lipinski definition) is 4. The Morgan fingerprint density at radius 1 is 1.12 bits per heavy atom. The van der Waals surface area contributed by atoms with E-state index in [9.17, 15) is 13.2 Å². The Bertz CT molecular complexity index is 669. The Morgan fingerprint density at radius 3 is 2.31 bits per heavy atom. The molecule has 26 heavy (non-hydrogen) atoms. The first-order valence-electron chi connectivity index (χ1n) is 9.28. The van der Waals surface area contributed by atoms with Gasteiger partial charge in [0.2, 0.25) is 15.9 Å². The molecule has 0 saturated carbocycles. The highest BCUT2D eigenvalue weighted by atomic mass is 32.2. The first-order valence-corrected chi connectivity index (χ1v) is 10.9. The Morgan fingerprint density at radius 2 is 1.73 bits per heavy atom. The van der Waals surface area contributed by atoms with Crippen LogP contribution in [-0.4, -0.2) is 69.1 Å². The molecule has 1 aliphatic heterocycles. The zero-order chi connectivity index (χ0) is 19.2. The zero-order valence-corrected chi connectivity index (χ0v) is 16.8. The van der Waals surface area contributed by atoms with Crippen molar-refractivity contribution in [2.45, 2.75) is 32.7 Å². The van der Waals surface area contributed by atoms with Crippen molar-refractivity contribution in [3.05, 3.63) is 35.9 Å². The average molecular weight is 382 g/mol. The molecular weight excluding hydrogens is 350 g/mol. The molecule has 1 fully saturated rings. The second kappa shape index (κ2) is 9.48. The Balaban J connectivity index is 2.00. The highest BCUT2D eigenvalue weighted by molar-refractivity contribution is 7.89. The molecule has 1 aliphatic rings. The summed E-state index contributed by atoms with van der Waals surface area (Å²) in [6.45, 7) is 6.94. The fraction of sp³-hybridized carbons (Fsp3) is 0.632. The number of carbonyl (C=O) groups excluding carboxylic acids is 1. The highest BCUT2D eigenvalue weighted by Gasteiger charge is 2.30. The Kier molecular flexibility index (Phi) is 7.61. The third-order valence-electron chi connectivity index (χ3n) is 4.64. The molecule has 1 aromatic carbocycles. The van der Waals surface area contributed by atoms with Crippen LogP contribution < -0.4 is 4.72 Å². The van der Waals surface area contributed by atoms with E-state index in [1.54, 1.807) is 4.90 Å². The lowest BCUT2D eigenvalue weighted by molar-refractivity contribution is -0.135.